The van der Waals surface area contributed by atoms with Crippen LogP contribution >= 0.6 is 15.9 Å². The molecule has 0 saturated carbocycles. The van der Waals surface area contributed by atoms with Gasteiger partial charge in [0, 0.05) is 18.1 Å². The monoisotopic (exact) mass is 288 g/mol. The van der Waals surface area contributed by atoms with Crippen LogP contribution in [0.4, 0.5) is 0 Å². The molecule has 1 rings (SSSR count). The maximum Gasteiger partial charge on any atom is 0.144 e. The lowest BCUT2D eigenvalue weighted by Crippen LogP contribution is -2.01. The number of ketones is 1. The van der Waals surface area contributed by atoms with Gasteiger partial charge in [-0.05, 0) is 22.9 Å². The van der Waals surface area contributed by atoms with Gasteiger partial charge in [0.05, 0.1) is 14.2 Å². The minimum atomic E-state index is -0.0503. The summed E-state index contributed by atoms with van der Waals surface area (Å²) < 4.78 is 10.8. The Morgan fingerprint density at radius 1 is 1.44 bits per heavy atom. The molecule has 0 aliphatic heterocycles. The van der Waals surface area contributed by atoms with Gasteiger partial charge >= 0.3 is 0 Å². The summed E-state index contributed by atoms with van der Waals surface area (Å²) in [6.07, 6.45) is 0.123. The van der Waals surface area contributed by atoms with Gasteiger partial charge in [-0.15, -0.1) is 0 Å². The molecule has 4 nitrogen and oxygen atoms in total. The fourth-order valence-electron chi connectivity index (χ4n) is 1.42. The molecular formula is C11H13BrO4. The van der Waals surface area contributed by atoms with E-state index < -0.39 is 0 Å². The first-order chi connectivity index (χ1) is 7.51. The van der Waals surface area contributed by atoms with E-state index in [0.29, 0.717) is 21.5 Å². The highest BCUT2D eigenvalue weighted by Gasteiger charge is 2.18. The third kappa shape index (κ3) is 2.47. The summed E-state index contributed by atoms with van der Waals surface area (Å²) in [6, 6.07) is 1.45. The maximum atomic E-state index is 11.1. The van der Waals surface area contributed by atoms with Crippen molar-refractivity contribution in [3.63, 3.8) is 0 Å². The van der Waals surface area contributed by atoms with E-state index in [1.165, 1.54) is 27.2 Å². The Balaban J connectivity index is 3.36. The molecule has 1 aromatic carbocycles. The van der Waals surface area contributed by atoms with E-state index in [1.807, 2.05) is 0 Å². The summed E-state index contributed by atoms with van der Waals surface area (Å²) in [6.45, 7) is 1.46. The van der Waals surface area contributed by atoms with E-state index in [2.05, 4.69) is 15.9 Å². The van der Waals surface area contributed by atoms with Crippen molar-refractivity contribution in [3.8, 4) is 17.2 Å². The summed E-state index contributed by atoms with van der Waals surface area (Å²) in [7, 11) is 2.96. The third-order valence-electron chi connectivity index (χ3n) is 2.12. The Bertz CT molecular complexity index is 415. The molecule has 0 radical (unpaired) electrons. The van der Waals surface area contributed by atoms with Crippen LogP contribution in [0.5, 0.6) is 17.2 Å². The molecule has 0 aliphatic rings. The Morgan fingerprint density at radius 2 is 2.06 bits per heavy atom. The predicted molar refractivity (Wildman–Crippen MR) is 63.3 cm³/mol. The van der Waals surface area contributed by atoms with Crippen LogP contribution in [0, 0.1) is 0 Å². The van der Waals surface area contributed by atoms with Gasteiger partial charge < -0.3 is 14.6 Å². The molecule has 0 unspecified atom stereocenters. The van der Waals surface area contributed by atoms with Crippen molar-refractivity contribution in [1.29, 1.82) is 0 Å². The van der Waals surface area contributed by atoms with Gasteiger partial charge in [-0.3, -0.25) is 4.79 Å². The lowest BCUT2D eigenvalue weighted by Gasteiger charge is -2.14. The molecule has 0 amide bonds. The van der Waals surface area contributed by atoms with E-state index in [9.17, 15) is 9.90 Å². The fraction of sp³-hybridized carbons (Fsp3) is 0.364. The zero-order chi connectivity index (χ0) is 12.3. The van der Waals surface area contributed by atoms with Crippen LogP contribution < -0.4 is 9.47 Å². The number of halogens is 1. The summed E-state index contributed by atoms with van der Waals surface area (Å²) in [4.78, 5) is 11.1. The van der Waals surface area contributed by atoms with Crippen LogP contribution in [0.3, 0.4) is 0 Å². The second-order valence-corrected chi connectivity index (χ2v) is 4.10. The Hall–Kier alpha value is -1.23. The first kappa shape index (κ1) is 12.8. The largest absolute Gasteiger partial charge is 0.507 e. The van der Waals surface area contributed by atoms with E-state index in [4.69, 9.17) is 9.47 Å². The highest BCUT2D eigenvalue weighted by molar-refractivity contribution is 9.10. The number of carbonyl (C=O) groups is 1. The van der Waals surface area contributed by atoms with E-state index in [0.717, 1.165) is 0 Å². The van der Waals surface area contributed by atoms with Gasteiger partial charge in [0.2, 0.25) is 0 Å². The van der Waals surface area contributed by atoms with Gasteiger partial charge in [-0.2, -0.15) is 0 Å². The summed E-state index contributed by atoms with van der Waals surface area (Å²) >= 11 is 3.30. The smallest absolute Gasteiger partial charge is 0.144 e. The Morgan fingerprint density at radius 3 is 2.50 bits per heavy atom. The van der Waals surface area contributed by atoms with Gasteiger partial charge in [-0.1, -0.05) is 0 Å². The minimum Gasteiger partial charge on any atom is -0.507 e. The first-order valence-electron chi connectivity index (χ1n) is 4.63. The van der Waals surface area contributed by atoms with Crippen molar-refractivity contribution in [2.75, 3.05) is 14.2 Å². The molecule has 88 valence electrons. The molecule has 0 saturated heterocycles. The average Bonchev–Trinajstić information content (AvgIpc) is 2.23. The zero-order valence-corrected chi connectivity index (χ0v) is 10.9. The number of phenolic OH excluding ortho intramolecular Hbond substituents is 1. The van der Waals surface area contributed by atoms with Crippen molar-refractivity contribution in [3.05, 3.63) is 16.1 Å². The van der Waals surface area contributed by atoms with Gasteiger partial charge in [0.25, 0.3) is 0 Å². The molecule has 0 aliphatic carbocycles. The number of hydrogen-bond acceptors (Lipinski definition) is 4. The molecule has 0 spiro atoms. The van der Waals surface area contributed by atoms with E-state index in [1.54, 1.807) is 0 Å². The molecule has 0 fully saturated rings. The molecular weight excluding hydrogens is 276 g/mol. The highest BCUT2D eigenvalue weighted by atomic mass is 79.9. The molecule has 5 heteroatoms. The predicted octanol–water partition coefficient (Wildman–Crippen LogP) is 2.30. The van der Waals surface area contributed by atoms with Crippen LogP contribution in [0.2, 0.25) is 0 Å². The van der Waals surface area contributed by atoms with Gasteiger partial charge in [-0.25, -0.2) is 0 Å². The Labute approximate surface area is 102 Å². The van der Waals surface area contributed by atoms with Crippen LogP contribution in [-0.4, -0.2) is 25.1 Å². The third-order valence-corrected chi connectivity index (χ3v) is 2.87. The molecule has 1 N–H and O–H groups in total. The lowest BCUT2D eigenvalue weighted by molar-refractivity contribution is -0.116. The number of rotatable bonds is 4. The van der Waals surface area contributed by atoms with Crippen LogP contribution in [0.25, 0.3) is 0 Å². The van der Waals surface area contributed by atoms with E-state index >= 15 is 0 Å². The number of aromatic hydroxyl groups is 1. The summed E-state index contributed by atoms with van der Waals surface area (Å²) in [5, 5.41) is 9.77. The summed E-state index contributed by atoms with van der Waals surface area (Å²) in [5.41, 5.74) is 0.461. The number of phenols is 1. The van der Waals surface area contributed by atoms with Crippen molar-refractivity contribution in [2.45, 2.75) is 13.3 Å². The number of ether oxygens (including phenoxy) is 2. The van der Waals surface area contributed by atoms with Crippen LogP contribution in [-0.2, 0) is 11.2 Å². The van der Waals surface area contributed by atoms with Crippen LogP contribution in [0.15, 0.2) is 10.5 Å². The standard InChI is InChI=1S/C11H13BrO4/c1-6(13)4-7-8(14)5-9(15-2)10(12)11(7)16-3/h5,14H,4H2,1-3H3. The number of methoxy groups -OCH3 is 2. The maximum absolute atomic E-state index is 11.1. The molecule has 1 aromatic rings. The second-order valence-electron chi connectivity index (χ2n) is 3.30. The summed E-state index contributed by atoms with van der Waals surface area (Å²) in [5.74, 6) is 0.825. The lowest BCUT2D eigenvalue weighted by atomic mass is 10.1. The SMILES string of the molecule is COc1cc(O)c(CC(C)=O)c(OC)c1Br. The van der Waals surface area contributed by atoms with E-state index in [-0.39, 0.29) is 18.0 Å². The minimum absolute atomic E-state index is 0.00731. The van der Waals surface area contributed by atoms with Crippen molar-refractivity contribution >= 4 is 21.7 Å². The number of hydrogen-bond donors (Lipinski definition) is 1. The van der Waals surface area contributed by atoms with Gasteiger partial charge in [0.1, 0.15) is 27.5 Å². The zero-order valence-electron chi connectivity index (χ0n) is 9.33. The quantitative estimate of drug-likeness (QED) is 0.924. The van der Waals surface area contributed by atoms with Crippen molar-refractivity contribution in [2.24, 2.45) is 0 Å². The van der Waals surface area contributed by atoms with Crippen LogP contribution in [0.1, 0.15) is 12.5 Å². The second kappa shape index (κ2) is 5.21. The van der Waals surface area contributed by atoms with Gasteiger partial charge in [0.15, 0.2) is 0 Å². The van der Waals surface area contributed by atoms with Crippen molar-refractivity contribution in [1.82, 2.24) is 0 Å². The molecule has 0 aromatic heterocycles. The molecule has 0 bridgehead atoms. The number of benzene rings is 1. The number of carbonyl (C=O) groups excluding carboxylic acids is 1. The van der Waals surface area contributed by atoms with Crippen molar-refractivity contribution < 1.29 is 19.4 Å². The first-order valence-corrected chi connectivity index (χ1v) is 5.42. The number of Topliss-reactive ketones (excluding diaryl/α,β-unsaturated/α-hetero) is 1. The molecule has 16 heavy (non-hydrogen) atoms. The molecule has 0 atom stereocenters. The Kier molecular flexibility index (Phi) is 4.18. The normalized spacial score (nSPS) is 10.0. The average molecular weight is 289 g/mol. The highest BCUT2D eigenvalue weighted by Crippen LogP contribution is 2.42. The fourth-order valence-corrected chi connectivity index (χ4v) is 2.09. The molecule has 0 heterocycles. The topological polar surface area (TPSA) is 55.8 Å².